The highest BCUT2D eigenvalue weighted by Gasteiger charge is 2.19. The summed E-state index contributed by atoms with van der Waals surface area (Å²) >= 11 is 1.94. The van der Waals surface area contributed by atoms with Crippen LogP contribution in [0, 0.1) is 0 Å². The minimum absolute atomic E-state index is 0.444. The first kappa shape index (κ1) is 6.43. The third-order valence-corrected chi connectivity index (χ3v) is 2.73. The zero-order valence-corrected chi connectivity index (χ0v) is 6.20. The molecule has 0 bridgehead atoms. The van der Waals surface area contributed by atoms with E-state index in [0.29, 0.717) is 5.44 Å². The van der Waals surface area contributed by atoms with Crippen LogP contribution in [0.4, 0.5) is 0 Å². The summed E-state index contributed by atoms with van der Waals surface area (Å²) in [7, 11) is 0. The van der Waals surface area contributed by atoms with Gasteiger partial charge in [-0.05, 0) is 13.3 Å². The molecule has 0 amide bonds. The van der Waals surface area contributed by atoms with E-state index in [2.05, 4.69) is 13.8 Å². The zero-order chi connectivity index (χ0) is 5.98. The van der Waals surface area contributed by atoms with Crippen molar-refractivity contribution in [2.24, 2.45) is 0 Å². The molecule has 48 valence electrons. The molecule has 0 aliphatic carbocycles. The largest absolute Gasteiger partial charge is 0.367 e. The highest BCUT2D eigenvalue weighted by molar-refractivity contribution is 8.00. The van der Waals surface area contributed by atoms with Crippen LogP contribution >= 0.6 is 11.8 Å². The van der Waals surface area contributed by atoms with Crippen molar-refractivity contribution in [2.75, 3.05) is 6.61 Å². The molecule has 1 saturated heterocycles. The van der Waals surface area contributed by atoms with Crippen LogP contribution in [-0.2, 0) is 4.74 Å². The average Bonchev–Trinajstić information content (AvgIpc) is 2.14. The number of hydrogen-bond acceptors (Lipinski definition) is 2. The summed E-state index contributed by atoms with van der Waals surface area (Å²) < 4.78 is 5.32. The van der Waals surface area contributed by atoms with E-state index < -0.39 is 0 Å². The molecule has 0 saturated carbocycles. The normalized spacial score (nSPS) is 38.2. The first-order valence-corrected chi connectivity index (χ1v) is 4.04. The minimum Gasteiger partial charge on any atom is -0.367 e. The molecule has 0 radical (unpaired) electrons. The maximum atomic E-state index is 5.32. The van der Waals surface area contributed by atoms with Gasteiger partial charge >= 0.3 is 0 Å². The Balaban J connectivity index is 2.22. The maximum absolute atomic E-state index is 5.32. The third kappa shape index (κ3) is 1.39. The van der Waals surface area contributed by atoms with Crippen LogP contribution in [0.5, 0.6) is 0 Å². The van der Waals surface area contributed by atoms with E-state index in [4.69, 9.17) is 4.74 Å². The van der Waals surface area contributed by atoms with Gasteiger partial charge in [-0.3, -0.25) is 0 Å². The van der Waals surface area contributed by atoms with Gasteiger partial charge in [0.2, 0.25) is 0 Å². The summed E-state index contributed by atoms with van der Waals surface area (Å²) in [5.74, 6) is 0. The van der Waals surface area contributed by atoms with Crippen LogP contribution in [-0.4, -0.2) is 17.3 Å². The molecule has 1 nitrogen and oxygen atoms in total. The molecule has 1 aliphatic heterocycles. The van der Waals surface area contributed by atoms with Crippen molar-refractivity contribution >= 4 is 11.8 Å². The predicted molar refractivity (Wildman–Crippen MR) is 37.1 cm³/mol. The first-order valence-electron chi connectivity index (χ1n) is 3.10. The summed E-state index contributed by atoms with van der Waals surface area (Å²) in [5, 5.41) is 0.769. The highest BCUT2D eigenvalue weighted by atomic mass is 32.2. The van der Waals surface area contributed by atoms with Crippen LogP contribution in [0.3, 0.4) is 0 Å². The van der Waals surface area contributed by atoms with Crippen molar-refractivity contribution in [3.8, 4) is 0 Å². The van der Waals surface area contributed by atoms with E-state index >= 15 is 0 Å². The van der Waals surface area contributed by atoms with E-state index in [1.807, 2.05) is 11.8 Å². The van der Waals surface area contributed by atoms with Crippen LogP contribution in [0.1, 0.15) is 20.3 Å². The fraction of sp³-hybridized carbons (Fsp3) is 1.00. The van der Waals surface area contributed by atoms with Crippen LogP contribution in [0.15, 0.2) is 0 Å². The van der Waals surface area contributed by atoms with E-state index in [1.165, 1.54) is 6.42 Å². The molecule has 2 atom stereocenters. The second-order valence-corrected chi connectivity index (χ2v) is 3.67. The summed E-state index contributed by atoms with van der Waals surface area (Å²) in [6.45, 7) is 5.28. The average molecular weight is 132 g/mol. The lowest BCUT2D eigenvalue weighted by Gasteiger charge is -1.98. The quantitative estimate of drug-likeness (QED) is 0.538. The number of rotatable bonds is 1. The molecule has 0 aromatic rings. The van der Waals surface area contributed by atoms with Gasteiger partial charge < -0.3 is 4.74 Å². The number of thioether (sulfide) groups is 1. The SMILES string of the molecule is CCC1COC(C)S1. The molecule has 2 heteroatoms. The number of ether oxygens (including phenoxy) is 1. The standard InChI is InChI=1S/C6H12OS/c1-3-6-4-7-5(2)8-6/h5-6H,3-4H2,1-2H3. The van der Waals surface area contributed by atoms with Crippen molar-refractivity contribution in [3.05, 3.63) is 0 Å². The van der Waals surface area contributed by atoms with Gasteiger partial charge in [0.05, 0.1) is 6.61 Å². The lowest BCUT2D eigenvalue weighted by atomic mass is 10.3. The molecular formula is C6H12OS. The Hall–Kier alpha value is 0.310. The van der Waals surface area contributed by atoms with Gasteiger partial charge in [-0.25, -0.2) is 0 Å². The van der Waals surface area contributed by atoms with E-state index in [-0.39, 0.29) is 0 Å². The Morgan fingerprint density at radius 3 is 2.75 bits per heavy atom. The van der Waals surface area contributed by atoms with E-state index in [1.54, 1.807) is 0 Å². The van der Waals surface area contributed by atoms with Crippen molar-refractivity contribution in [1.29, 1.82) is 0 Å². The molecule has 1 heterocycles. The van der Waals surface area contributed by atoms with Crippen LogP contribution in [0.2, 0.25) is 0 Å². The highest BCUT2D eigenvalue weighted by Crippen LogP contribution is 2.28. The van der Waals surface area contributed by atoms with Crippen molar-refractivity contribution in [1.82, 2.24) is 0 Å². The van der Waals surface area contributed by atoms with Gasteiger partial charge in [-0.1, -0.05) is 6.92 Å². The predicted octanol–water partition coefficient (Wildman–Crippen LogP) is 1.87. The minimum atomic E-state index is 0.444. The Kier molecular flexibility index (Phi) is 2.20. The Morgan fingerprint density at radius 2 is 2.50 bits per heavy atom. The second kappa shape index (κ2) is 2.74. The molecule has 2 unspecified atom stereocenters. The van der Waals surface area contributed by atoms with Gasteiger partial charge in [0.25, 0.3) is 0 Å². The van der Waals surface area contributed by atoms with Crippen LogP contribution in [0.25, 0.3) is 0 Å². The topological polar surface area (TPSA) is 9.23 Å². The second-order valence-electron chi connectivity index (χ2n) is 2.07. The van der Waals surface area contributed by atoms with Crippen molar-refractivity contribution in [3.63, 3.8) is 0 Å². The molecular weight excluding hydrogens is 120 g/mol. The van der Waals surface area contributed by atoms with Gasteiger partial charge in [-0.2, -0.15) is 0 Å². The van der Waals surface area contributed by atoms with E-state index in [9.17, 15) is 0 Å². The molecule has 1 aliphatic rings. The summed E-state index contributed by atoms with van der Waals surface area (Å²) in [6, 6.07) is 0. The Labute approximate surface area is 54.8 Å². The Bertz CT molecular complexity index is 74.9. The van der Waals surface area contributed by atoms with Crippen LogP contribution < -0.4 is 0 Å². The molecule has 1 fully saturated rings. The monoisotopic (exact) mass is 132 g/mol. The molecule has 0 N–H and O–H groups in total. The van der Waals surface area contributed by atoms with Crippen molar-refractivity contribution in [2.45, 2.75) is 31.0 Å². The first-order chi connectivity index (χ1) is 3.83. The number of hydrogen-bond donors (Lipinski definition) is 0. The van der Waals surface area contributed by atoms with E-state index in [0.717, 1.165) is 11.9 Å². The van der Waals surface area contributed by atoms with Gasteiger partial charge in [0.1, 0.15) is 5.44 Å². The fourth-order valence-electron chi connectivity index (χ4n) is 0.806. The third-order valence-electron chi connectivity index (χ3n) is 1.36. The van der Waals surface area contributed by atoms with Crippen molar-refractivity contribution < 1.29 is 4.74 Å². The van der Waals surface area contributed by atoms with Gasteiger partial charge in [0, 0.05) is 5.25 Å². The lowest BCUT2D eigenvalue weighted by Crippen LogP contribution is -1.99. The van der Waals surface area contributed by atoms with Gasteiger partial charge in [0.15, 0.2) is 0 Å². The molecule has 1 rings (SSSR count). The van der Waals surface area contributed by atoms with Gasteiger partial charge in [-0.15, -0.1) is 11.8 Å². The summed E-state index contributed by atoms with van der Waals surface area (Å²) in [6.07, 6.45) is 1.25. The smallest absolute Gasteiger partial charge is 0.100 e. The maximum Gasteiger partial charge on any atom is 0.100 e. The Morgan fingerprint density at radius 1 is 1.75 bits per heavy atom. The molecule has 0 aromatic heterocycles. The summed E-state index contributed by atoms with van der Waals surface area (Å²) in [5.41, 5.74) is 0.444. The lowest BCUT2D eigenvalue weighted by molar-refractivity contribution is 0.144. The molecule has 0 aromatic carbocycles. The fourth-order valence-corrected chi connectivity index (χ4v) is 1.86. The zero-order valence-electron chi connectivity index (χ0n) is 5.39. The summed E-state index contributed by atoms with van der Waals surface area (Å²) in [4.78, 5) is 0. The molecule has 0 spiro atoms. The molecule has 8 heavy (non-hydrogen) atoms.